The zero-order chi connectivity index (χ0) is 19.9. The molecule has 0 atom stereocenters. The summed E-state index contributed by atoms with van der Waals surface area (Å²) in [4.78, 5) is 21.0. The van der Waals surface area contributed by atoms with Crippen LogP contribution in [0.4, 0.5) is 0 Å². The van der Waals surface area contributed by atoms with E-state index in [1.54, 1.807) is 6.08 Å². The molecule has 0 fully saturated rings. The van der Waals surface area contributed by atoms with E-state index in [2.05, 4.69) is 24.8 Å². The number of allylic oxidation sites excluding steroid dienone is 1. The van der Waals surface area contributed by atoms with Crippen molar-refractivity contribution in [3.63, 3.8) is 0 Å². The molecule has 0 aromatic rings. The Kier molecular flexibility index (Phi) is 23.5. The first-order valence-electron chi connectivity index (χ1n) is 9.81. The van der Waals surface area contributed by atoms with Gasteiger partial charge in [-0.15, -0.1) is 0 Å². The third kappa shape index (κ3) is 24.4. The van der Waals surface area contributed by atoms with Crippen LogP contribution in [0.25, 0.3) is 0 Å². The van der Waals surface area contributed by atoms with Crippen LogP contribution >= 0.6 is 0 Å². The van der Waals surface area contributed by atoms with E-state index in [0.29, 0.717) is 13.2 Å². The molecule has 0 spiro atoms. The second-order valence-corrected chi connectivity index (χ2v) is 5.96. The Balaban J connectivity index is 0. The third-order valence-corrected chi connectivity index (χ3v) is 3.63. The Labute approximate surface area is 160 Å². The maximum absolute atomic E-state index is 10.7. The Morgan fingerprint density at radius 3 is 1.69 bits per heavy atom. The number of esters is 2. The standard InChI is InChI=1S/C15H28O2.C7H10O2/c1-3-5-6-7-8-9-10-11-12-13-14-17-15(16)4-2;1-3-5-6-9-7(8)4-2/h4H,2-3,5-14H2,1H3;3-5H,2,6H2,1H3. The molecule has 4 nitrogen and oxygen atoms in total. The van der Waals surface area contributed by atoms with Crippen LogP contribution in [0.15, 0.2) is 37.5 Å². The first-order valence-corrected chi connectivity index (χ1v) is 9.81. The monoisotopic (exact) mass is 366 g/mol. The fourth-order valence-electron chi connectivity index (χ4n) is 2.11. The van der Waals surface area contributed by atoms with E-state index < -0.39 is 0 Å². The minimum absolute atomic E-state index is 0.305. The molecule has 0 aromatic heterocycles. The van der Waals surface area contributed by atoms with Crippen LogP contribution in [0.5, 0.6) is 0 Å². The minimum atomic E-state index is -0.381. The van der Waals surface area contributed by atoms with Gasteiger partial charge in [-0.05, 0) is 13.3 Å². The van der Waals surface area contributed by atoms with Gasteiger partial charge in [0.1, 0.15) is 6.61 Å². The van der Waals surface area contributed by atoms with Gasteiger partial charge in [0.2, 0.25) is 0 Å². The molecule has 0 amide bonds. The fraction of sp³-hybridized carbons (Fsp3) is 0.636. The highest BCUT2D eigenvalue weighted by Crippen LogP contribution is 2.10. The maximum atomic E-state index is 10.7. The van der Waals surface area contributed by atoms with Gasteiger partial charge in [0.25, 0.3) is 0 Å². The van der Waals surface area contributed by atoms with Gasteiger partial charge in [0, 0.05) is 12.2 Å². The minimum Gasteiger partial charge on any atom is -0.463 e. The van der Waals surface area contributed by atoms with E-state index in [9.17, 15) is 9.59 Å². The highest BCUT2D eigenvalue weighted by atomic mass is 16.5. The van der Waals surface area contributed by atoms with Gasteiger partial charge in [0.15, 0.2) is 0 Å². The molecule has 0 unspecified atom stereocenters. The summed E-state index contributed by atoms with van der Waals surface area (Å²) < 4.78 is 9.49. The van der Waals surface area contributed by atoms with Crippen molar-refractivity contribution >= 4 is 11.9 Å². The van der Waals surface area contributed by atoms with E-state index in [4.69, 9.17) is 4.74 Å². The molecular formula is C22H38O4. The van der Waals surface area contributed by atoms with E-state index in [0.717, 1.165) is 12.5 Å². The lowest BCUT2D eigenvalue weighted by atomic mass is 10.1. The van der Waals surface area contributed by atoms with Gasteiger partial charge < -0.3 is 9.47 Å². The molecule has 0 rings (SSSR count). The van der Waals surface area contributed by atoms with Crippen LogP contribution in [-0.2, 0) is 19.1 Å². The van der Waals surface area contributed by atoms with Gasteiger partial charge >= 0.3 is 11.9 Å². The van der Waals surface area contributed by atoms with Crippen molar-refractivity contribution in [2.75, 3.05) is 13.2 Å². The van der Waals surface area contributed by atoms with Crippen molar-refractivity contribution in [2.45, 2.75) is 78.1 Å². The summed E-state index contributed by atoms with van der Waals surface area (Å²) in [5, 5.41) is 0. The average Bonchev–Trinajstić information content (AvgIpc) is 2.66. The molecule has 26 heavy (non-hydrogen) atoms. The Morgan fingerprint density at radius 2 is 1.23 bits per heavy atom. The normalized spacial score (nSPS) is 9.92. The van der Waals surface area contributed by atoms with Gasteiger partial charge in [-0.1, -0.05) is 90.0 Å². The van der Waals surface area contributed by atoms with Crippen molar-refractivity contribution < 1.29 is 19.1 Å². The molecule has 0 aromatic carbocycles. The molecule has 150 valence electrons. The number of hydrogen-bond donors (Lipinski definition) is 0. The molecule has 0 radical (unpaired) electrons. The maximum Gasteiger partial charge on any atom is 0.330 e. The number of ether oxygens (including phenoxy) is 2. The quantitative estimate of drug-likeness (QED) is 0.156. The Bertz CT molecular complexity index is 386. The van der Waals surface area contributed by atoms with Crippen molar-refractivity contribution in [1.29, 1.82) is 0 Å². The molecule has 0 aliphatic carbocycles. The molecule has 0 N–H and O–H groups in total. The second kappa shape index (κ2) is 23.2. The van der Waals surface area contributed by atoms with Crippen LogP contribution < -0.4 is 0 Å². The van der Waals surface area contributed by atoms with E-state index >= 15 is 0 Å². The predicted octanol–water partition coefficient (Wildman–Crippen LogP) is 5.93. The lowest BCUT2D eigenvalue weighted by Crippen LogP contribution is -2.01. The molecular weight excluding hydrogens is 328 g/mol. The van der Waals surface area contributed by atoms with Crippen LogP contribution in [0.2, 0.25) is 0 Å². The third-order valence-electron chi connectivity index (χ3n) is 3.63. The highest BCUT2D eigenvalue weighted by molar-refractivity contribution is 5.81. The van der Waals surface area contributed by atoms with Crippen LogP contribution in [0, 0.1) is 0 Å². The van der Waals surface area contributed by atoms with E-state index in [1.165, 1.54) is 63.9 Å². The van der Waals surface area contributed by atoms with Gasteiger partial charge in [-0.2, -0.15) is 0 Å². The summed E-state index contributed by atoms with van der Waals surface area (Å²) >= 11 is 0. The molecule has 0 heterocycles. The molecule has 0 saturated heterocycles. The van der Waals surface area contributed by atoms with Gasteiger partial charge in [-0.3, -0.25) is 0 Å². The second-order valence-electron chi connectivity index (χ2n) is 5.96. The van der Waals surface area contributed by atoms with Crippen molar-refractivity contribution in [3.05, 3.63) is 37.5 Å². The first-order chi connectivity index (χ1) is 12.6. The van der Waals surface area contributed by atoms with Crippen LogP contribution in [0.3, 0.4) is 0 Å². The average molecular weight is 367 g/mol. The van der Waals surface area contributed by atoms with Crippen LogP contribution in [0.1, 0.15) is 78.1 Å². The number of hydrogen-bond acceptors (Lipinski definition) is 4. The SMILES string of the molecule is C=CC(=O)OCC=CC.C=CC(=O)OCCCCCCCCCCCC. The number of rotatable bonds is 15. The topological polar surface area (TPSA) is 52.6 Å². The van der Waals surface area contributed by atoms with Gasteiger partial charge in [-0.25, -0.2) is 9.59 Å². The number of carbonyl (C=O) groups excluding carboxylic acids is 2. The summed E-state index contributed by atoms with van der Waals surface area (Å²) in [6.45, 7) is 11.6. The Hall–Kier alpha value is -1.84. The van der Waals surface area contributed by atoms with E-state index in [-0.39, 0.29) is 11.9 Å². The molecule has 0 aliphatic heterocycles. The first kappa shape index (κ1) is 26.4. The van der Waals surface area contributed by atoms with Crippen molar-refractivity contribution in [2.24, 2.45) is 0 Å². The zero-order valence-electron chi connectivity index (χ0n) is 16.8. The van der Waals surface area contributed by atoms with Crippen molar-refractivity contribution in [1.82, 2.24) is 0 Å². The Morgan fingerprint density at radius 1 is 0.769 bits per heavy atom. The lowest BCUT2D eigenvalue weighted by Gasteiger charge is -2.03. The summed E-state index contributed by atoms with van der Waals surface area (Å²) in [5.41, 5.74) is 0. The van der Waals surface area contributed by atoms with Crippen molar-refractivity contribution in [3.8, 4) is 0 Å². The lowest BCUT2D eigenvalue weighted by molar-refractivity contribution is -0.138. The molecule has 4 heteroatoms. The molecule has 0 aliphatic rings. The van der Waals surface area contributed by atoms with E-state index in [1.807, 2.05) is 13.0 Å². The van der Waals surface area contributed by atoms with Crippen LogP contribution in [-0.4, -0.2) is 25.2 Å². The predicted molar refractivity (Wildman–Crippen MR) is 109 cm³/mol. The zero-order valence-corrected chi connectivity index (χ0v) is 16.8. The fourth-order valence-corrected chi connectivity index (χ4v) is 2.11. The largest absolute Gasteiger partial charge is 0.463 e. The summed E-state index contributed by atoms with van der Waals surface area (Å²) in [5.74, 6) is -0.686. The summed E-state index contributed by atoms with van der Waals surface area (Å²) in [7, 11) is 0. The molecule has 0 saturated carbocycles. The smallest absolute Gasteiger partial charge is 0.330 e. The summed E-state index contributed by atoms with van der Waals surface area (Å²) in [6, 6.07) is 0. The highest BCUT2D eigenvalue weighted by Gasteiger charge is 1.95. The number of unbranched alkanes of at least 4 members (excludes halogenated alkanes) is 9. The summed E-state index contributed by atoms with van der Waals surface area (Å²) in [6.07, 6.45) is 18.9. The number of carbonyl (C=O) groups is 2. The van der Waals surface area contributed by atoms with Gasteiger partial charge in [0.05, 0.1) is 6.61 Å². The molecule has 0 bridgehead atoms.